The molecule has 5 nitrogen and oxygen atoms in total. The number of nitrogens with one attached hydrogen (secondary N) is 1. The predicted octanol–water partition coefficient (Wildman–Crippen LogP) is 3.42. The summed E-state index contributed by atoms with van der Waals surface area (Å²) >= 11 is 0. The van der Waals surface area contributed by atoms with Crippen molar-refractivity contribution in [3.05, 3.63) is 36.0 Å². The van der Waals surface area contributed by atoms with Gasteiger partial charge in [0.15, 0.2) is 0 Å². The van der Waals surface area contributed by atoms with Crippen LogP contribution in [0.2, 0.25) is 0 Å². The largest absolute Gasteiger partial charge is 0.497 e. The highest BCUT2D eigenvalue weighted by Crippen LogP contribution is 2.28. The first-order valence-electron chi connectivity index (χ1n) is 8.84. The Hall–Kier alpha value is -1.85. The van der Waals surface area contributed by atoms with Crippen LogP contribution < -0.4 is 10.1 Å². The molecule has 0 fully saturated rings. The maximum atomic E-state index is 9.99. The van der Waals surface area contributed by atoms with Gasteiger partial charge in [-0.1, -0.05) is 26.0 Å². The van der Waals surface area contributed by atoms with Crippen molar-refractivity contribution in [1.82, 2.24) is 15.1 Å². The lowest BCUT2D eigenvalue weighted by molar-refractivity contribution is 0.123. The van der Waals surface area contributed by atoms with Crippen molar-refractivity contribution >= 4 is 0 Å². The Morgan fingerprint density at radius 3 is 2.60 bits per heavy atom. The third-order valence-corrected chi connectivity index (χ3v) is 4.26. The quantitative estimate of drug-likeness (QED) is 0.807. The van der Waals surface area contributed by atoms with Gasteiger partial charge in [0.1, 0.15) is 5.75 Å². The maximum Gasteiger partial charge on any atom is 0.119 e. The molecule has 0 amide bonds. The van der Waals surface area contributed by atoms with E-state index in [-0.39, 0.29) is 17.6 Å². The Balaban J connectivity index is 2.28. The zero-order chi connectivity index (χ0) is 18.6. The lowest BCUT2D eigenvalue weighted by Gasteiger charge is -2.19. The summed E-state index contributed by atoms with van der Waals surface area (Å²) in [6.45, 7) is 11.7. The SMILES string of the molecule is COc1cccc(-c2nn(C(C)(C)C)cc2CNCC(O)C(C)C)c1. The zero-order valence-electron chi connectivity index (χ0n) is 16.2. The molecule has 1 unspecified atom stereocenters. The summed E-state index contributed by atoms with van der Waals surface area (Å²) in [5.74, 6) is 1.06. The van der Waals surface area contributed by atoms with E-state index in [1.807, 2.05) is 42.8 Å². The Morgan fingerprint density at radius 2 is 2.00 bits per heavy atom. The molecule has 5 heteroatoms. The van der Waals surface area contributed by atoms with Crippen LogP contribution in [0.4, 0.5) is 0 Å². The molecule has 138 valence electrons. The standard InChI is InChI=1S/C20H31N3O2/c1-14(2)18(24)12-21-11-16-13-23(20(3,4)5)22-19(16)15-8-7-9-17(10-15)25-6/h7-10,13-14,18,21,24H,11-12H2,1-6H3. The topological polar surface area (TPSA) is 59.3 Å². The molecule has 0 bridgehead atoms. The third-order valence-electron chi connectivity index (χ3n) is 4.26. The first-order chi connectivity index (χ1) is 11.7. The molecular weight excluding hydrogens is 314 g/mol. The predicted molar refractivity (Wildman–Crippen MR) is 102 cm³/mol. The van der Waals surface area contributed by atoms with E-state index in [0.717, 1.165) is 22.6 Å². The van der Waals surface area contributed by atoms with E-state index in [4.69, 9.17) is 9.84 Å². The van der Waals surface area contributed by atoms with Crippen molar-refractivity contribution in [3.63, 3.8) is 0 Å². The normalized spacial score (nSPS) is 13.3. The van der Waals surface area contributed by atoms with Crippen molar-refractivity contribution in [2.75, 3.05) is 13.7 Å². The van der Waals surface area contributed by atoms with Crippen LogP contribution in [0.25, 0.3) is 11.3 Å². The van der Waals surface area contributed by atoms with Gasteiger partial charge in [-0.25, -0.2) is 0 Å². The van der Waals surface area contributed by atoms with Gasteiger partial charge in [0.2, 0.25) is 0 Å². The highest BCUT2D eigenvalue weighted by Gasteiger charge is 2.19. The number of hydrogen-bond donors (Lipinski definition) is 2. The molecular formula is C20H31N3O2. The van der Waals surface area contributed by atoms with Crippen LogP contribution >= 0.6 is 0 Å². The van der Waals surface area contributed by atoms with Gasteiger partial charge < -0.3 is 15.2 Å². The number of nitrogens with zero attached hydrogens (tertiary/aromatic N) is 2. The minimum absolute atomic E-state index is 0.0939. The van der Waals surface area contributed by atoms with Crippen LogP contribution in [0.3, 0.4) is 0 Å². The molecule has 0 aliphatic rings. The summed E-state index contributed by atoms with van der Waals surface area (Å²) in [7, 11) is 1.67. The van der Waals surface area contributed by atoms with Crippen LogP contribution in [-0.2, 0) is 12.1 Å². The molecule has 2 N–H and O–H groups in total. The molecule has 1 atom stereocenters. The van der Waals surface area contributed by atoms with Crippen LogP contribution in [0, 0.1) is 5.92 Å². The second-order valence-corrected chi connectivity index (χ2v) is 7.79. The first-order valence-corrected chi connectivity index (χ1v) is 8.84. The number of hydrogen-bond acceptors (Lipinski definition) is 4. The van der Waals surface area contributed by atoms with E-state index in [1.54, 1.807) is 7.11 Å². The Labute approximate surface area is 151 Å². The monoisotopic (exact) mass is 345 g/mol. The molecule has 1 heterocycles. The molecule has 0 spiro atoms. The molecule has 2 rings (SSSR count). The molecule has 1 aromatic heterocycles. The number of aliphatic hydroxyl groups is 1. The number of aromatic nitrogens is 2. The van der Waals surface area contributed by atoms with Crippen LogP contribution in [-0.4, -0.2) is 34.6 Å². The van der Waals surface area contributed by atoms with Gasteiger partial charge in [0, 0.05) is 30.4 Å². The molecule has 1 aromatic carbocycles. The average Bonchev–Trinajstić information content (AvgIpc) is 2.99. The number of methoxy groups -OCH3 is 1. The highest BCUT2D eigenvalue weighted by atomic mass is 16.5. The number of benzene rings is 1. The second-order valence-electron chi connectivity index (χ2n) is 7.79. The fraction of sp³-hybridized carbons (Fsp3) is 0.550. The smallest absolute Gasteiger partial charge is 0.119 e. The van der Waals surface area contributed by atoms with Crippen molar-refractivity contribution in [3.8, 4) is 17.0 Å². The van der Waals surface area contributed by atoms with Crippen molar-refractivity contribution in [1.29, 1.82) is 0 Å². The molecule has 0 aliphatic carbocycles. The van der Waals surface area contributed by atoms with E-state index in [2.05, 4.69) is 32.3 Å². The molecule has 25 heavy (non-hydrogen) atoms. The molecule has 0 aliphatic heterocycles. The summed E-state index contributed by atoms with van der Waals surface area (Å²) in [4.78, 5) is 0. The molecule has 0 radical (unpaired) electrons. The minimum Gasteiger partial charge on any atom is -0.497 e. The Kier molecular flexibility index (Phi) is 6.25. The summed E-state index contributed by atoms with van der Waals surface area (Å²) in [6, 6.07) is 7.96. The minimum atomic E-state index is -0.349. The maximum absolute atomic E-state index is 9.99. The highest BCUT2D eigenvalue weighted by molar-refractivity contribution is 5.64. The van der Waals surface area contributed by atoms with E-state index >= 15 is 0 Å². The van der Waals surface area contributed by atoms with Crippen LogP contribution in [0.5, 0.6) is 5.75 Å². The van der Waals surface area contributed by atoms with Gasteiger partial charge in [-0.2, -0.15) is 5.10 Å². The molecule has 0 saturated heterocycles. The van der Waals surface area contributed by atoms with Gasteiger partial charge in [0.05, 0.1) is 24.4 Å². The van der Waals surface area contributed by atoms with Crippen molar-refractivity contribution in [2.45, 2.75) is 52.8 Å². The summed E-state index contributed by atoms with van der Waals surface area (Å²) in [5, 5.41) is 18.2. The van der Waals surface area contributed by atoms with E-state index in [9.17, 15) is 5.11 Å². The van der Waals surface area contributed by atoms with Crippen molar-refractivity contribution in [2.24, 2.45) is 5.92 Å². The van der Waals surface area contributed by atoms with Crippen LogP contribution in [0.15, 0.2) is 30.5 Å². The number of ether oxygens (including phenoxy) is 1. The fourth-order valence-corrected chi connectivity index (χ4v) is 2.49. The Bertz CT molecular complexity index is 686. The van der Waals surface area contributed by atoms with Crippen molar-refractivity contribution < 1.29 is 9.84 Å². The van der Waals surface area contributed by atoms with Gasteiger partial charge in [-0.15, -0.1) is 0 Å². The average molecular weight is 345 g/mol. The van der Waals surface area contributed by atoms with Gasteiger partial charge in [0.25, 0.3) is 0 Å². The zero-order valence-corrected chi connectivity index (χ0v) is 16.2. The molecule has 2 aromatic rings. The summed E-state index contributed by atoms with van der Waals surface area (Å²) < 4.78 is 7.34. The van der Waals surface area contributed by atoms with E-state index in [1.165, 1.54) is 0 Å². The summed E-state index contributed by atoms with van der Waals surface area (Å²) in [5.41, 5.74) is 2.99. The molecule has 0 saturated carbocycles. The van der Waals surface area contributed by atoms with E-state index in [0.29, 0.717) is 13.1 Å². The van der Waals surface area contributed by atoms with Gasteiger partial charge in [-0.3, -0.25) is 4.68 Å². The Morgan fingerprint density at radius 1 is 1.28 bits per heavy atom. The third kappa shape index (κ3) is 5.06. The lowest BCUT2D eigenvalue weighted by atomic mass is 10.1. The number of aliphatic hydroxyl groups excluding tert-OH is 1. The van der Waals surface area contributed by atoms with Crippen LogP contribution in [0.1, 0.15) is 40.2 Å². The first kappa shape index (κ1) is 19.5. The van der Waals surface area contributed by atoms with E-state index < -0.39 is 0 Å². The number of rotatable bonds is 7. The van der Waals surface area contributed by atoms with Gasteiger partial charge in [-0.05, 0) is 38.8 Å². The fourth-order valence-electron chi connectivity index (χ4n) is 2.49. The second kappa shape index (κ2) is 8.02. The summed E-state index contributed by atoms with van der Waals surface area (Å²) in [6.07, 6.45) is 1.74. The lowest BCUT2D eigenvalue weighted by Crippen LogP contribution is -2.30. The van der Waals surface area contributed by atoms with Gasteiger partial charge >= 0.3 is 0 Å².